The largest absolute Gasteiger partial charge is 0.361 e. The molecule has 0 atom stereocenters. The van der Waals surface area contributed by atoms with Gasteiger partial charge in [0.25, 0.3) is 0 Å². The fourth-order valence-electron chi connectivity index (χ4n) is 2.59. The van der Waals surface area contributed by atoms with Crippen LogP contribution in [0.25, 0.3) is 10.9 Å². The second-order valence-electron chi connectivity index (χ2n) is 5.39. The Labute approximate surface area is 140 Å². The lowest BCUT2D eigenvalue weighted by Crippen LogP contribution is -2.38. The quantitative estimate of drug-likeness (QED) is 0.499. The van der Waals surface area contributed by atoms with Crippen LogP contribution in [-0.4, -0.2) is 29.5 Å². The van der Waals surface area contributed by atoms with Crippen molar-refractivity contribution >= 4 is 16.9 Å². The number of aliphatic imine (C=N–C) groups is 1. The summed E-state index contributed by atoms with van der Waals surface area (Å²) in [6, 6.07) is 11.2. The summed E-state index contributed by atoms with van der Waals surface area (Å²) in [5.74, 6) is 0.305. The summed E-state index contributed by atoms with van der Waals surface area (Å²) < 4.78 is 13.6. The lowest BCUT2D eigenvalue weighted by molar-refractivity contribution is 0.592. The Morgan fingerprint density at radius 2 is 2.08 bits per heavy atom. The smallest absolute Gasteiger partial charge is 0.191 e. The first kappa shape index (κ1) is 16.0. The molecule has 0 aliphatic rings. The molecule has 0 aliphatic carbocycles. The molecule has 0 saturated carbocycles. The molecule has 2 aromatic heterocycles. The average molecular weight is 325 g/mol. The highest BCUT2D eigenvalue weighted by Crippen LogP contribution is 2.17. The Hall–Kier alpha value is -2.89. The molecule has 3 aromatic rings. The molecule has 0 saturated heterocycles. The van der Waals surface area contributed by atoms with Gasteiger partial charge >= 0.3 is 0 Å². The van der Waals surface area contributed by atoms with E-state index in [1.54, 1.807) is 19.3 Å². The number of nitrogens with one attached hydrogen (secondary N) is 3. The normalized spacial score (nSPS) is 11.7. The van der Waals surface area contributed by atoms with Gasteiger partial charge in [-0.3, -0.25) is 9.98 Å². The van der Waals surface area contributed by atoms with Gasteiger partial charge in [-0.05, 0) is 30.2 Å². The van der Waals surface area contributed by atoms with Gasteiger partial charge in [-0.25, -0.2) is 4.39 Å². The second kappa shape index (κ2) is 7.59. The third-order valence-electron chi connectivity index (χ3n) is 3.84. The zero-order valence-electron chi connectivity index (χ0n) is 13.5. The molecule has 6 heteroatoms. The molecule has 0 amide bonds. The third kappa shape index (κ3) is 3.71. The summed E-state index contributed by atoms with van der Waals surface area (Å²) in [5, 5.41) is 7.54. The Balaban J connectivity index is 1.52. The van der Waals surface area contributed by atoms with E-state index in [0.717, 1.165) is 18.5 Å². The van der Waals surface area contributed by atoms with Crippen LogP contribution in [0.5, 0.6) is 0 Å². The second-order valence-corrected chi connectivity index (χ2v) is 5.39. The zero-order valence-corrected chi connectivity index (χ0v) is 13.5. The van der Waals surface area contributed by atoms with Crippen LogP contribution < -0.4 is 10.6 Å². The van der Waals surface area contributed by atoms with Crippen LogP contribution in [0, 0.1) is 5.82 Å². The molecule has 0 aliphatic heterocycles. The number of rotatable bonds is 5. The van der Waals surface area contributed by atoms with Crippen LogP contribution in [0.1, 0.15) is 11.3 Å². The molecule has 3 N–H and O–H groups in total. The minimum absolute atomic E-state index is 0.291. The topological polar surface area (TPSA) is 65.1 Å². The molecule has 3 rings (SSSR count). The van der Waals surface area contributed by atoms with Crippen LogP contribution in [0.4, 0.5) is 4.39 Å². The number of halogens is 1. The van der Waals surface area contributed by atoms with E-state index in [9.17, 15) is 4.39 Å². The SMILES string of the molecule is CN=C(NCCc1c[nH]c2ccccc12)NCc1ncccc1F. The first-order valence-electron chi connectivity index (χ1n) is 7.87. The van der Waals surface area contributed by atoms with Gasteiger partial charge in [0.2, 0.25) is 0 Å². The minimum atomic E-state index is -0.320. The van der Waals surface area contributed by atoms with Crippen molar-refractivity contribution in [3.8, 4) is 0 Å². The van der Waals surface area contributed by atoms with E-state index in [0.29, 0.717) is 18.2 Å². The van der Waals surface area contributed by atoms with E-state index in [1.807, 2.05) is 18.3 Å². The maximum absolute atomic E-state index is 13.6. The van der Waals surface area contributed by atoms with E-state index in [2.05, 4.69) is 37.7 Å². The van der Waals surface area contributed by atoms with Gasteiger partial charge < -0.3 is 15.6 Å². The number of fused-ring (bicyclic) bond motifs is 1. The maximum atomic E-state index is 13.6. The first-order valence-corrected chi connectivity index (χ1v) is 7.87. The molecule has 0 bridgehead atoms. The Morgan fingerprint density at radius 1 is 1.21 bits per heavy atom. The van der Waals surface area contributed by atoms with Crippen LogP contribution >= 0.6 is 0 Å². The summed E-state index contributed by atoms with van der Waals surface area (Å²) in [7, 11) is 1.69. The molecule has 124 valence electrons. The molecule has 24 heavy (non-hydrogen) atoms. The maximum Gasteiger partial charge on any atom is 0.191 e. The average Bonchev–Trinajstić information content (AvgIpc) is 3.02. The summed E-state index contributed by atoms with van der Waals surface area (Å²) in [4.78, 5) is 11.4. The van der Waals surface area contributed by atoms with Crippen LogP contribution in [0.3, 0.4) is 0 Å². The van der Waals surface area contributed by atoms with Gasteiger partial charge in [0, 0.05) is 36.9 Å². The van der Waals surface area contributed by atoms with Crippen LogP contribution in [0.2, 0.25) is 0 Å². The molecule has 5 nitrogen and oxygen atoms in total. The van der Waals surface area contributed by atoms with E-state index in [-0.39, 0.29) is 5.82 Å². The van der Waals surface area contributed by atoms with Crippen molar-refractivity contribution in [2.24, 2.45) is 4.99 Å². The summed E-state index contributed by atoms with van der Waals surface area (Å²) in [6.45, 7) is 1.02. The zero-order chi connectivity index (χ0) is 16.8. The summed E-state index contributed by atoms with van der Waals surface area (Å²) in [6.07, 6.45) is 4.47. The van der Waals surface area contributed by atoms with Crippen LogP contribution in [-0.2, 0) is 13.0 Å². The van der Waals surface area contributed by atoms with Gasteiger partial charge in [0.1, 0.15) is 5.82 Å². The van der Waals surface area contributed by atoms with Crippen molar-refractivity contribution in [3.63, 3.8) is 0 Å². The number of benzene rings is 1. The lowest BCUT2D eigenvalue weighted by Gasteiger charge is -2.11. The van der Waals surface area contributed by atoms with E-state index in [4.69, 9.17) is 0 Å². The van der Waals surface area contributed by atoms with Crippen LogP contribution in [0.15, 0.2) is 53.8 Å². The monoisotopic (exact) mass is 325 g/mol. The molecular formula is C18H20FN5. The Bertz CT molecular complexity index is 840. The van der Waals surface area contributed by atoms with Gasteiger partial charge in [-0.15, -0.1) is 0 Å². The van der Waals surface area contributed by atoms with Crippen molar-refractivity contribution in [1.82, 2.24) is 20.6 Å². The van der Waals surface area contributed by atoms with Gasteiger partial charge in [-0.1, -0.05) is 18.2 Å². The Morgan fingerprint density at radius 3 is 2.92 bits per heavy atom. The van der Waals surface area contributed by atoms with E-state index >= 15 is 0 Å². The number of pyridine rings is 1. The van der Waals surface area contributed by atoms with Crippen molar-refractivity contribution < 1.29 is 4.39 Å². The van der Waals surface area contributed by atoms with Crippen molar-refractivity contribution in [2.75, 3.05) is 13.6 Å². The highest BCUT2D eigenvalue weighted by atomic mass is 19.1. The number of nitrogens with zero attached hydrogens (tertiary/aromatic N) is 2. The number of para-hydroxylation sites is 1. The summed E-state index contributed by atoms with van der Waals surface area (Å²) in [5.41, 5.74) is 2.77. The minimum Gasteiger partial charge on any atom is -0.361 e. The lowest BCUT2D eigenvalue weighted by atomic mass is 10.1. The van der Waals surface area contributed by atoms with Crippen molar-refractivity contribution in [1.29, 1.82) is 0 Å². The fraction of sp³-hybridized carbons (Fsp3) is 0.222. The molecular weight excluding hydrogens is 305 g/mol. The van der Waals surface area contributed by atoms with E-state index < -0.39 is 0 Å². The number of aromatic nitrogens is 2. The number of guanidine groups is 1. The molecule has 1 aromatic carbocycles. The van der Waals surface area contributed by atoms with Gasteiger partial charge in [0.05, 0.1) is 12.2 Å². The number of H-pyrrole nitrogens is 1. The summed E-state index contributed by atoms with van der Waals surface area (Å²) >= 11 is 0. The molecule has 0 unspecified atom stereocenters. The molecule has 0 spiro atoms. The predicted octanol–water partition coefficient (Wildman–Crippen LogP) is 2.61. The molecule has 0 radical (unpaired) electrons. The van der Waals surface area contributed by atoms with Gasteiger partial charge in [-0.2, -0.15) is 0 Å². The molecule has 0 fully saturated rings. The van der Waals surface area contributed by atoms with Crippen molar-refractivity contribution in [2.45, 2.75) is 13.0 Å². The highest BCUT2D eigenvalue weighted by molar-refractivity contribution is 5.83. The van der Waals surface area contributed by atoms with Gasteiger partial charge in [0.15, 0.2) is 5.96 Å². The molecule has 2 heterocycles. The third-order valence-corrected chi connectivity index (χ3v) is 3.84. The Kier molecular flexibility index (Phi) is 5.05. The number of hydrogen-bond acceptors (Lipinski definition) is 2. The van der Waals surface area contributed by atoms with Crippen molar-refractivity contribution in [3.05, 3.63) is 65.9 Å². The predicted molar refractivity (Wildman–Crippen MR) is 94.4 cm³/mol. The van der Waals surface area contributed by atoms with E-state index in [1.165, 1.54) is 17.0 Å². The highest BCUT2D eigenvalue weighted by Gasteiger charge is 2.05. The fourth-order valence-corrected chi connectivity index (χ4v) is 2.59. The first-order chi connectivity index (χ1) is 11.8. The number of aromatic amines is 1. The number of hydrogen-bond donors (Lipinski definition) is 3. The standard InChI is InChI=1S/C18H20FN5/c1-20-18(24-12-17-15(19)6-4-9-21-17)22-10-8-13-11-23-16-7-3-2-5-14(13)16/h2-7,9,11,23H,8,10,12H2,1H3,(H2,20,22,24).